The van der Waals surface area contributed by atoms with E-state index in [0.29, 0.717) is 12.5 Å². The van der Waals surface area contributed by atoms with Gasteiger partial charge in [-0.25, -0.2) is 0 Å². The predicted octanol–water partition coefficient (Wildman–Crippen LogP) is 0.248. The first-order valence-electron chi connectivity index (χ1n) is 5.25. The van der Waals surface area contributed by atoms with E-state index in [0.717, 1.165) is 26.1 Å². The number of aliphatic carboxylic acids is 1. The van der Waals surface area contributed by atoms with E-state index in [1.807, 2.05) is 0 Å². The van der Waals surface area contributed by atoms with E-state index in [2.05, 4.69) is 24.2 Å². The molecule has 1 rings (SSSR count). The zero-order chi connectivity index (χ0) is 10.6. The second kappa shape index (κ2) is 5.32. The number of piperidine rings is 1. The highest BCUT2D eigenvalue weighted by Gasteiger charge is 2.26. The number of rotatable bonds is 4. The van der Waals surface area contributed by atoms with Crippen molar-refractivity contribution in [3.8, 4) is 0 Å². The van der Waals surface area contributed by atoms with Crippen LogP contribution in [0, 0.1) is 11.8 Å². The van der Waals surface area contributed by atoms with Crippen LogP contribution >= 0.6 is 0 Å². The zero-order valence-corrected chi connectivity index (χ0v) is 8.99. The number of carboxylic acids is 1. The summed E-state index contributed by atoms with van der Waals surface area (Å²) in [4.78, 5) is 13.0. The van der Waals surface area contributed by atoms with Gasteiger partial charge in [-0.1, -0.05) is 6.92 Å². The fourth-order valence-corrected chi connectivity index (χ4v) is 1.93. The molecule has 1 fully saturated rings. The van der Waals surface area contributed by atoms with Gasteiger partial charge in [-0.2, -0.15) is 0 Å². The van der Waals surface area contributed by atoms with Crippen LogP contribution in [0.2, 0.25) is 0 Å². The summed E-state index contributed by atoms with van der Waals surface area (Å²) in [6, 6.07) is 0. The van der Waals surface area contributed by atoms with Crippen LogP contribution in [0.25, 0.3) is 0 Å². The summed E-state index contributed by atoms with van der Waals surface area (Å²) in [5, 5.41) is 12.1. The molecule has 4 nitrogen and oxygen atoms in total. The Morgan fingerprint density at radius 3 is 2.86 bits per heavy atom. The van der Waals surface area contributed by atoms with E-state index < -0.39 is 5.97 Å². The van der Waals surface area contributed by atoms with E-state index in [1.54, 1.807) is 0 Å². The first-order chi connectivity index (χ1) is 6.63. The minimum Gasteiger partial charge on any atom is -0.481 e. The summed E-state index contributed by atoms with van der Waals surface area (Å²) in [5.74, 6) is -0.379. The topological polar surface area (TPSA) is 52.6 Å². The van der Waals surface area contributed by atoms with Crippen LogP contribution in [-0.2, 0) is 4.79 Å². The number of nitrogens with zero attached hydrogens (tertiary/aromatic N) is 1. The molecule has 0 aromatic rings. The summed E-state index contributed by atoms with van der Waals surface area (Å²) < 4.78 is 0. The second-order valence-corrected chi connectivity index (χ2v) is 4.15. The van der Waals surface area contributed by atoms with Crippen LogP contribution in [0.5, 0.6) is 0 Å². The van der Waals surface area contributed by atoms with Crippen molar-refractivity contribution < 1.29 is 9.90 Å². The monoisotopic (exact) mass is 200 g/mol. The lowest BCUT2D eigenvalue weighted by Gasteiger charge is -2.30. The van der Waals surface area contributed by atoms with Crippen molar-refractivity contribution in [3.63, 3.8) is 0 Å². The molecule has 4 heteroatoms. The molecule has 2 unspecified atom stereocenters. The second-order valence-electron chi connectivity index (χ2n) is 4.15. The van der Waals surface area contributed by atoms with E-state index in [-0.39, 0.29) is 5.92 Å². The molecule has 0 radical (unpaired) electrons. The summed E-state index contributed by atoms with van der Waals surface area (Å²) >= 11 is 0. The van der Waals surface area contributed by atoms with E-state index in [4.69, 9.17) is 5.11 Å². The molecule has 0 aliphatic carbocycles. The summed E-state index contributed by atoms with van der Waals surface area (Å²) in [6.07, 6.45) is 0.812. The SMILES string of the molecule is CCN(C)CC1CNCC(C(=O)O)C1. The van der Waals surface area contributed by atoms with Crippen LogP contribution in [-0.4, -0.2) is 49.2 Å². The van der Waals surface area contributed by atoms with Gasteiger partial charge in [0, 0.05) is 13.1 Å². The van der Waals surface area contributed by atoms with Gasteiger partial charge in [0.25, 0.3) is 0 Å². The quantitative estimate of drug-likeness (QED) is 0.683. The molecule has 0 aromatic carbocycles. The molecular formula is C10H20N2O2. The Morgan fingerprint density at radius 2 is 2.29 bits per heavy atom. The molecule has 0 saturated carbocycles. The number of carboxylic acid groups (broad SMARTS) is 1. The van der Waals surface area contributed by atoms with E-state index in [9.17, 15) is 4.79 Å². The summed E-state index contributed by atoms with van der Waals surface area (Å²) in [6.45, 7) is 5.71. The summed E-state index contributed by atoms with van der Waals surface area (Å²) in [7, 11) is 2.07. The Morgan fingerprint density at radius 1 is 1.57 bits per heavy atom. The average Bonchev–Trinajstić information content (AvgIpc) is 2.18. The lowest BCUT2D eigenvalue weighted by Crippen LogP contribution is -2.43. The molecule has 1 aliphatic rings. The third kappa shape index (κ3) is 3.27. The maximum atomic E-state index is 10.8. The van der Waals surface area contributed by atoms with E-state index >= 15 is 0 Å². The van der Waals surface area contributed by atoms with Gasteiger partial charge in [-0.3, -0.25) is 4.79 Å². The minimum atomic E-state index is -0.665. The fraction of sp³-hybridized carbons (Fsp3) is 0.900. The van der Waals surface area contributed by atoms with Gasteiger partial charge in [-0.15, -0.1) is 0 Å². The molecular weight excluding hydrogens is 180 g/mol. The fourth-order valence-electron chi connectivity index (χ4n) is 1.93. The van der Waals surface area contributed by atoms with Gasteiger partial charge in [-0.05, 0) is 32.5 Å². The van der Waals surface area contributed by atoms with Crippen molar-refractivity contribution in [2.75, 3.05) is 33.2 Å². The highest BCUT2D eigenvalue weighted by atomic mass is 16.4. The Kier molecular flexibility index (Phi) is 4.35. The highest BCUT2D eigenvalue weighted by Crippen LogP contribution is 2.17. The number of carbonyl (C=O) groups is 1. The van der Waals surface area contributed by atoms with Crippen molar-refractivity contribution in [1.82, 2.24) is 10.2 Å². The van der Waals surface area contributed by atoms with Gasteiger partial charge in [0.05, 0.1) is 5.92 Å². The molecule has 2 N–H and O–H groups in total. The predicted molar refractivity (Wildman–Crippen MR) is 55.3 cm³/mol. The van der Waals surface area contributed by atoms with E-state index in [1.165, 1.54) is 0 Å². The largest absolute Gasteiger partial charge is 0.481 e. The van der Waals surface area contributed by atoms with Crippen molar-refractivity contribution in [3.05, 3.63) is 0 Å². The third-order valence-electron chi connectivity index (χ3n) is 2.90. The van der Waals surface area contributed by atoms with Gasteiger partial charge >= 0.3 is 5.97 Å². The first-order valence-corrected chi connectivity index (χ1v) is 5.25. The maximum absolute atomic E-state index is 10.8. The van der Waals surface area contributed by atoms with Crippen LogP contribution < -0.4 is 5.32 Å². The van der Waals surface area contributed by atoms with Crippen LogP contribution in [0.3, 0.4) is 0 Å². The van der Waals surface area contributed by atoms with Crippen molar-refractivity contribution in [2.45, 2.75) is 13.3 Å². The van der Waals surface area contributed by atoms with Crippen LogP contribution in [0.4, 0.5) is 0 Å². The number of hydrogen-bond donors (Lipinski definition) is 2. The summed E-state index contributed by atoms with van der Waals surface area (Å²) in [5.41, 5.74) is 0. The standard InChI is InChI=1S/C10H20N2O2/c1-3-12(2)7-8-4-9(10(13)14)6-11-5-8/h8-9,11H,3-7H2,1-2H3,(H,13,14). The number of hydrogen-bond acceptors (Lipinski definition) is 3. The first kappa shape index (κ1) is 11.5. The molecule has 2 atom stereocenters. The Bertz CT molecular complexity index is 197. The molecule has 0 amide bonds. The number of nitrogens with one attached hydrogen (secondary N) is 1. The van der Waals surface area contributed by atoms with Gasteiger partial charge in [0.1, 0.15) is 0 Å². The normalized spacial score (nSPS) is 27.9. The van der Waals surface area contributed by atoms with Crippen molar-refractivity contribution in [1.29, 1.82) is 0 Å². The molecule has 14 heavy (non-hydrogen) atoms. The molecule has 82 valence electrons. The maximum Gasteiger partial charge on any atom is 0.307 e. The third-order valence-corrected chi connectivity index (χ3v) is 2.90. The smallest absolute Gasteiger partial charge is 0.307 e. The lowest BCUT2D eigenvalue weighted by molar-refractivity contribution is -0.142. The van der Waals surface area contributed by atoms with Crippen molar-refractivity contribution in [2.24, 2.45) is 11.8 Å². The minimum absolute atomic E-state index is 0.195. The zero-order valence-electron chi connectivity index (χ0n) is 8.99. The molecule has 1 heterocycles. The lowest BCUT2D eigenvalue weighted by atomic mass is 9.90. The molecule has 1 aliphatic heterocycles. The van der Waals surface area contributed by atoms with Crippen LogP contribution in [0.15, 0.2) is 0 Å². The van der Waals surface area contributed by atoms with Gasteiger partial charge < -0.3 is 15.3 Å². The van der Waals surface area contributed by atoms with Gasteiger partial charge in [0.15, 0.2) is 0 Å². The molecule has 1 saturated heterocycles. The molecule has 0 spiro atoms. The van der Waals surface area contributed by atoms with Crippen molar-refractivity contribution >= 4 is 5.97 Å². The molecule has 0 aromatic heterocycles. The van der Waals surface area contributed by atoms with Gasteiger partial charge in [0.2, 0.25) is 0 Å². The Hall–Kier alpha value is -0.610. The Labute approximate surface area is 85.3 Å². The van der Waals surface area contributed by atoms with Crippen LogP contribution in [0.1, 0.15) is 13.3 Å². The Balaban J connectivity index is 2.36. The average molecular weight is 200 g/mol. The molecule has 0 bridgehead atoms. The highest BCUT2D eigenvalue weighted by molar-refractivity contribution is 5.70.